The van der Waals surface area contributed by atoms with E-state index in [0.717, 1.165) is 22.3 Å². The lowest BCUT2D eigenvalue weighted by atomic mass is 9.53. The molecule has 4 rings (SSSR count). The zero-order chi connectivity index (χ0) is 12.4. The number of rotatable bonds is 0. The summed E-state index contributed by atoms with van der Waals surface area (Å²) in [6.45, 7) is 2.01. The lowest BCUT2D eigenvalue weighted by Crippen LogP contribution is -2.51. The molecule has 0 heterocycles. The van der Waals surface area contributed by atoms with Gasteiger partial charge < -0.3 is 0 Å². The van der Waals surface area contributed by atoms with Gasteiger partial charge in [0.1, 0.15) is 0 Å². The Hall–Kier alpha value is -1.89. The van der Waals surface area contributed by atoms with Gasteiger partial charge in [0.2, 0.25) is 0 Å². The molecule has 0 N–H and O–H groups in total. The fourth-order valence-corrected chi connectivity index (χ4v) is 3.53. The smallest absolute Gasteiger partial charge is 0.174 e. The molecule has 18 heavy (non-hydrogen) atoms. The third kappa shape index (κ3) is 0.860. The van der Waals surface area contributed by atoms with Crippen LogP contribution in [0.5, 0.6) is 0 Å². The van der Waals surface area contributed by atoms with Gasteiger partial charge in [-0.2, -0.15) is 0 Å². The van der Waals surface area contributed by atoms with Crippen LogP contribution < -0.4 is 0 Å². The van der Waals surface area contributed by atoms with Crippen LogP contribution >= 0.6 is 0 Å². The topological polar surface area (TPSA) is 0 Å². The summed E-state index contributed by atoms with van der Waals surface area (Å²) in [6.07, 6.45) is 19.7. The largest absolute Gasteiger partial charge is 0.232 e. The van der Waals surface area contributed by atoms with Crippen molar-refractivity contribution in [2.24, 2.45) is 5.41 Å². The Morgan fingerprint density at radius 3 is 2.06 bits per heavy atom. The number of hydrogen-bond acceptors (Lipinski definition) is 0. The standard InChI is InChI=1S/C17H13F/c1-16-12-4-2-5-13(16)9-11-15-7-3-6-14(10-8-12)17(15,16)18/h2-11H,1H3. The van der Waals surface area contributed by atoms with E-state index < -0.39 is 11.1 Å². The van der Waals surface area contributed by atoms with Crippen molar-refractivity contribution in [2.75, 3.05) is 0 Å². The first-order valence-corrected chi connectivity index (χ1v) is 6.25. The van der Waals surface area contributed by atoms with Crippen LogP contribution in [-0.4, -0.2) is 5.67 Å². The van der Waals surface area contributed by atoms with E-state index in [1.165, 1.54) is 0 Å². The van der Waals surface area contributed by atoms with Gasteiger partial charge in [-0.3, -0.25) is 0 Å². The summed E-state index contributed by atoms with van der Waals surface area (Å²) in [6, 6.07) is 0. The SMILES string of the molecule is CC12C3=CC=CC1=CC=C1C=CC=C(C=C3)C12F. The molecule has 4 aliphatic rings. The fraction of sp³-hybridized carbons (Fsp3) is 0.176. The third-order valence-electron chi connectivity index (χ3n) is 4.63. The molecule has 0 aromatic heterocycles. The van der Waals surface area contributed by atoms with Gasteiger partial charge in [0.25, 0.3) is 0 Å². The first-order chi connectivity index (χ1) is 8.67. The molecule has 0 saturated heterocycles. The summed E-state index contributed by atoms with van der Waals surface area (Å²) in [5.41, 5.74) is 1.62. The highest BCUT2D eigenvalue weighted by atomic mass is 19.1. The number of alkyl halides is 1. The molecule has 0 spiro atoms. The molecule has 0 bridgehead atoms. The molecule has 2 atom stereocenters. The van der Waals surface area contributed by atoms with E-state index >= 15 is 4.39 Å². The van der Waals surface area contributed by atoms with E-state index in [-0.39, 0.29) is 0 Å². The number of halogens is 1. The van der Waals surface area contributed by atoms with Crippen molar-refractivity contribution in [3.8, 4) is 0 Å². The van der Waals surface area contributed by atoms with Crippen LogP contribution in [0.4, 0.5) is 4.39 Å². The van der Waals surface area contributed by atoms with E-state index in [1.54, 1.807) is 0 Å². The molecular weight excluding hydrogens is 223 g/mol. The molecule has 0 amide bonds. The number of hydrogen-bond donors (Lipinski definition) is 0. The van der Waals surface area contributed by atoms with Crippen LogP contribution in [0, 0.1) is 5.41 Å². The van der Waals surface area contributed by atoms with Gasteiger partial charge in [0.15, 0.2) is 5.67 Å². The molecule has 4 aliphatic carbocycles. The fourth-order valence-electron chi connectivity index (χ4n) is 3.53. The van der Waals surface area contributed by atoms with Gasteiger partial charge >= 0.3 is 0 Å². The molecule has 0 nitrogen and oxygen atoms in total. The van der Waals surface area contributed by atoms with Crippen LogP contribution in [0.25, 0.3) is 0 Å². The third-order valence-corrected chi connectivity index (χ3v) is 4.63. The molecule has 2 unspecified atom stereocenters. The second kappa shape index (κ2) is 2.92. The van der Waals surface area contributed by atoms with Crippen molar-refractivity contribution in [3.63, 3.8) is 0 Å². The summed E-state index contributed by atoms with van der Waals surface area (Å²) in [5, 5.41) is 0. The van der Waals surface area contributed by atoms with Crippen molar-refractivity contribution < 1.29 is 4.39 Å². The van der Waals surface area contributed by atoms with Crippen molar-refractivity contribution in [3.05, 3.63) is 83.1 Å². The van der Waals surface area contributed by atoms with Crippen molar-refractivity contribution in [2.45, 2.75) is 12.6 Å². The second-order valence-electron chi connectivity index (χ2n) is 5.32. The van der Waals surface area contributed by atoms with E-state index in [9.17, 15) is 0 Å². The van der Waals surface area contributed by atoms with Crippen molar-refractivity contribution in [1.82, 2.24) is 0 Å². The monoisotopic (exact) mass is 236 g/mol. The molecule has 1 heteroatoms. The maximum atomic E-state index is 15.9. The van der Waals surface area contributed by atoms with Crippen LogP contribution in [-0.2, 0) is 0 Å². The minimum absolute atomic E-state index is 0.586. The summed E-state index contributed by atoms with van der Waals surface area (Å²) >= 11 is 0. The van der Waals surface area contributed by atoms with Gasteiger partial charge in [-0.05, 0) is 29.2 Å². The zero-order valence-corrected chi connectivity index (χ0v) is 10.2. The molecule has 0 aromatic rings. The molecule has 0 fully saturated rings. The summed E-state index contributed by atoms with van der Waals surface area (Å²) in [7, 11) is 0. The maximum Gasteiger partial charge on any atom is 0.174 e. The highest BCUT2D eigenvalue weighted by Crippen LogP contribution is 2.61. The Kier molecular flexibility index (Phi) is 1.63. The summed E-state index contributed by atoms with van der Waals surface area (Å²) in [5.74, 6) is 0. The van der Waals surface area contributed by atoms with E-state index in [4.69, 9.17) is 0 Å². The average molecular weight is 236 g/mol. The Labute approximate surface area is 106 Å². The van der Waals surface area contributed by atoms with Crippen LogP contribution in [0.15, 0.2) is 83.1 Å². The van der Waals surface area contributed by atoms with Crippen LogP contribution in [0.1, 0.15) is 6.92 Å². The van der Waals surface area contributed by atoms with Crippen molar-refractivity contribution >= 4 is 0 Å². The predicted molar refractivity (Wildman–Crippen MR) is 71.7 cm³/mol. The average Bonchev–Trinajstić information content (AvgIpc) is 2.37. The van der Waals surface area contributed by atoms with E-state index in [1.807, 2.05) is 67.7 Å². The summed E-state index contributed by atoms with van der Waals surface area (Å²) in [4.78, 5) is 0. The maximum absolute atomic E-state index is 15.9. The second-order valence-corrected chi connectivity index (χ2v) is 5.32. The molecule has 88 valence electrons. The number of allylic oxidation sites excluding steroid dienone is 14. The lowest BCUT2D eigenvalue weighted by molar-refractivity contribution is 0.139. The van der Waals surface area contributed by atoms with Gasteiger partial charge in [-0.1, -0.05) is 60.8 Å². The predicted octanol–water partition coefficient (Wildman–Crippen LogP) is 4.13. The van der Waals surface area contributed by atoms with E-state index in [2.05, 4.69) is 0 Å². The first-order valence-electron chi connectivity index (χ1n) is 6.25. The summed E-state index contributed by atoms with van der Waals surface area (Å²) < 4.78 is 15.9. The van der Waals surface area contributed by atoms with Gasteiger partial charge in [0.05, 0.1) is 5.41 Å². The van der Waals surface area contributed by atoms with Crippen LogP contribution in [0.3, 0.4) is 0 Å². The Bertz CT molecular complexity index is 606. The minimum Gasteiger partial charge on any atom is -0.232 e. The highest BCUT2D eigenvalue weighted by Gasteiger charge is 2.59. The molecule has 0 aromatic carbocycles. The Morgan fingerprint density at radius 1 is 0.722 bits per heavy atom. The minimum atomic E-state index is -1.42. The first kappa shape index (κ1) is 10.1. The zero-order valence-electron chi connectivity index (χ0n) is 10.2. The Balaban J connectivity index is 2.15. The van der Waals surface area contributed by atoms with Crippen LogP contribution in [0.2, 0.25) is 0 Å². The van der Waals surface area contributed by atoms with Gasteiger partial charge in [-0.15, -0.1) is 0 Å². The molecule has 0 radical (unpaired) electrons. The molecular formula is C17H13F. The molecule has 0 saturated carbocycles. The molecule has 0 aliphatic heterocycles. The van der Waals surface area contributed by atoms with Gasteiger partial charge in [-0.25, -0.2) is 4.39 Å². The Morgan fingerprint density at radius 2 is 1.22 bits per heavy atom. The lowest BCUT2D eigenvalue weighted by Gasteiger charge is -2.52. The highest BCUT2D eigenvalue weighted by molar-refractivity contribution is 5.68. The normalized spacial score (nSPS) is 38.6. The van der Waals surface area contributed by atoms with Crippen molar-refractivity contribution in [1.29, 1.82) is 0 Å². The van der Waals surface area contributed by atoms with Gasteiger partial charge in [0, 0.05) is 0 Å². The quantitative estimate of drug-likeness (QED) is 0.593. The van der Waals surface area contributed by atoms with E-state index in [0.29, 0.717) is 0 Å².